The van der Waals surface area contributed by atoms with Crippen molar-refractivity contribution in [1.82, 2.24) is 0 Å². The molecule has 27 heavy (non-hydrogen) atoms. The first-order valence-corrected chi connectivity index (χ1v) is 10.0. The molecular weight excluding hydrogens is 328 g/mol. The van der Waals surface area contributed by atoms with Gasteiger partial charge in [0.1, 0.15) is 11.5 Å². The highest BCUT2D eigenvalue weighted by molar-refractivity contribution is 5.74. The van der Waals surface area contributed by atoms with Gasteiger partial charge >= 0.3 is 0 Å². The third kappa shape index (κ3) is 3.06. The SMILES string of the molecule is CCCCc1ccccc1-c1cc2c(cc1C)Oc1ccccc1C2(C)C. The van der Waals surface area contributed by atoms with Crippen LogP contribution in [0.25, 0.3) is 11.1 Å². The zero-order valence-electron chi connectivity index (χ0n) is 16.8. The van der Waals surface area contributed by atoms with Gasteiger partial charge in [0.05, 0.1) is 0 Å². The van der Waals surface area contributed by atoms with Crippen molar-refractivity contribution in [2.75, 3.05) is 0 Å². The van der Waals surface area contributed by atoms with Crippen molar-refractivity contribution >= 4 is 0 Å². The van der Waals surface area contributed by atoms with E-state index in [2.05, 4.69) is 82.3 Å². The fourth-order valence-electron chi connectivity index (χ4n) is 4.25. The van der Waals surface area contributed by atoms with Gasteiger partial charge in [0.15, 0.2) is 0 Å². The molecule has 3 aromatic rings. The molecule has 0 N–H and O–H groups in total. The predicted octanol–water partition coefficient (Wildman–Crippen LogP) is 7.44. The molecule has 1 nitrogen and oxygen atoms in total. The Bertz CT molecular complexity index is 981. The third-order valence-corrected chi connectivity index (χ3v) is 5.89. The second kappa shape index (κ2) is 6.88. The summed E-state index contributed by atoms with van der Waals surface area (Å²) in [6.45, 7) is 9.05. The molecule has 0 radical (unpaired) electrons. The van der Waals surface area contributed by atoms with E-state index in [0.29, 0.717) is 0 Å². The Balaban J connectivity index is 1.86. The lowest BCUT2D eigenvalue weighted by molar-refractivity contribution is 0.418. The number of rotatable bonds is 4. The molecular formula is C26H28O. The van der Waals surface area contributed by atoms with Gasteiger partial charge in [-0.1, -0.05) is 69.7 Å². The van der Waals surface area contributed by atoms with Crippen molar-refractivity contribution in [3.63, 3.8) is 0 Å². The van der Waals surface area contributed by atoms with Crippen LogP contribution in [0.2, 0.25) is 0 Å². The normalized spacial score (nSPS) is 14.2. The zero-order chi connectivity index (χ0) is 19.0. The van der Waals surface area contributed by atoms with Gasteiger partial charge in [-0.2, -0.15) is 0 Å². The number of aryl methyl sites for hydroxylation is 2. The summed E-state index contributed by atoms with van der Waals surface area (Å²) in [6.07, 6.45) is 3.57. The van der Waals surface area contributed by atoms with Gasteiger partial charge in [-0.3, -0.25) is 0 Å². The molecule has 4 rings (SSSR count). The molecule has 0 fully saturated rings. The number of hydrogen-bond acceptors (Lipinski definition) is 1. The molecule has 0 aromatic heterocycles. The lowest BCUT2D eigenvalue weighted by Crippen LogP contribution is -2.24. The van der Waals surface area contributed by atoms with Crippen LogP contribution in [0.4, 0.5) is 0 Å². The predicted molar refractivity (Wildman–Crippen MR) is 114 cm³/mol. The Hall–Kier alpha value is -2.54. The van der Waals surface area contributed by atoms with Crippen molar-refractivity contribution in [3.8, 4) is 22.6 Å². The van der Waals surface area contributed by atoms with Crippen LogP contribution in [0, 0.1) is 6.92 Å². The van der Waals surface area contributed by atoms with Crippen LogP contribution in [0.3, 0.4) is 0 Å². The quantitative estimate of drug-likeness (QED) is 0.472. The molecule has 1 aliphatic heterocycles. The molecule has 0 bridgehead atoms. The number of ether oxygens (including phenoxy) is 1. The minimum atomic E-state index is -0.0784. The summed E-state index contributed by atoms with van der Waals surface area (Å²) in [5, 5.41) is 0. The van der Waals surface area contributed by atoms with Crippen molar-refractivity contribution in [1.29, 1.82) is 0 Å². The Morgan fingerprint density at radius 1 is 0.815 bits per heavy atom. The van der Waals surface area contributed by atoms with Gasteiger partial charge in [0.25, 0.3) is 0 Å². The van der Waals surface area contributed by atoms with Crippen molar-refractivity contribution in [3.05, 3.63) is 82.9 Å². The van der Waals surface area contributed by atoms with E-state index >= 15 is 0 Å². The second-order valence-electron chi connectivity index (χ2n) is 8.15. The maximum absolute atomic E-state index is 6.28. The van der Waals surface area contributed by atoms with Crippen molar-refractivity contribution in [2.45, 2.75) is 52.4 Å². The van der Waals surface area contributed by atoms with Crippen LogP contribution in [0.15, 0.2) is 60.7 Å². The molecule has 0 amide bonds. The maximum atomic E-state index is 6.28. The van der Waals surface area contributed by atoms with Gasteiger partial charge in [0.2, 0.25) is 0 Å². The molecule has 0 atom stereocenters. The molecule has 0 spiro atoms. The fraction of sp³-hybridized carbons (Fsp3) is 0.308. The average molecular weight is 357 g/mol. The molecule has 1 heterocycles. The van der Waals surface area contributed by atoms with Crippen LogP contribution in [-0.2, 0) is 11.8 Å². The first-order valence-electron chi connectivity index (χ1n) is 10.0. The van der Waals surface area contributed by atoms with Crippen LogP contribution < -0.4 is 4.74 Å². The van der Waals surface area contributed by atoms with Crippen molar-refractivity contribution < 1.29 is 4.74 Å². The Kier molecular flexibility index (Phi) is 4.55. The smallest absolute Gasteiger partial charge is 0.131 e. The van der Waals surface area contributed by atoms with Gasteiger partial charge < -0.3 is 4.74 Å². The topological polar surface area (TPSA) is 9.23 Å². The standard InChI is InChI=1S/C26H28O/c1-5-6-11-19-12-7-8-13-20(19)21-17-23-25(16-18(21)2)27-24-15-10-9-14-22(24)26(23,3)4/h7-10,12-17H,5-6,11H2,1-4H3. The van der Waals surface area contributed by atoms with Crippen LogP contribution in [0.1, 0.15) is 55.9 Å². The maximum Gasteiger partial charge on any atom is 0.131 e. The van der Waals surface area contributed by atoms with E-state index in [1.165, 1.54) is 46.2 Å². The minimum Gasteiger partial charge on any atom is -0.457 e. The molecule has 0 unspecified atom stereocenters. The highest BCUT2D eigenvalue weighted by Crippen LogP contribution is 2.49. The highest BCUT2D eigenvalue weighted by Gasteiger charge is 2.34. The van der Waals surface area contributed by atoms with Gasteiger partial charge in [-0.25, -0.2) is 0 Å². The largest absolute Gasteiger partial charge is 0.457 e. The summed E-state index contributed by atoms with van der Waals surface area (Å²) >= 11 is 0. The van der Waals surface area contributed by atoms with E-state index in [-0.39, 0.29) is 5.41 Å². The second-order valence-corrected chi connectivity index (χ2v) is 8.15. The number of hydrogen-bond donors (Lipinski definition) is 0. The third-order valence-electron chi connectivity index (χ3n) is 5.89. The molecule has 1 aliphatic rings. The summed E-state index contributed by atoms with van der Waals surface area (Å²) in [4.78, 5) is 0. The molecule has 3 aromatic carbocycles. The number of para-hydroxylation sites is 1. The first kappa shape index (κ1) is 17.9. The Morgan fingerprint density at radius 3 is 2.37 bits per heavy atom. The molecule has 0 saturated heterocycles. The summed E-state index contributed by atoms with van der Waals surface area (Å²) in [5.74, 6) is 1.97. The number of benzene rings is 3. The molecule has 0 aliphatic carbocycles. The van der Waals surface area contributed by atoms with E-state index < -0.39 is 0 Å². The average Bonchev–Trinajstić information content (AvgIpc) is 2.66. The lowest BCUT2D eigenvalue weighted by atomic mass is 9.74. The fourth-order valence-corrected chi connectivity index (χ4v) is 4.25. The van der Waals surface area contributed by atoms with Crippen LogP contribution in [-0.4, -0.2) is 0 Å². The monoisotopic (exact) mass is 356 g/mol. The summed E-state index contributed by atoms with van der Waals surface area (Å²) < 4.78 is 6.28. The van der Waals surface area contributed by atoms with Gasteiger partial charge in [-0.05, 0) is 60.2 Å². The lowest BCUT2D eigenvalue weighted by Gasteiger charge is -2.35. The summed E-state index contributed by atoms with van der Waals surface area (Å²) in [5.41, 5.74) is 7.85. The molecule has 138 valence electrons. The number of fused-ring (bicyclic) bond motifs is 2. The highest BCUT2D eigenvalue weighted by atomic mass is 16.5. The van der Waals surface area contributed by atoms with Crippen LogP contribution in [0.5, 0.6) is 11.5 Å². The summed E-state index contributed by atoms with van der Waals surface area (Å²) in [7, 11) is 0. The van der Waals surface area contributed by atoms with E-state index in [0.717, 1.165) is 17.9 Å². The number of unbranched alkanes of at least 4 members (excludes halogenated alkanes) is 1. The Labute approximate surface area is 163 Å². The molecule has 1 heteroatoms. The zero-order valence-corrected chi connectivity index (χ0v) is 16.8. The summed E-state index contributed by atoms with van der Waals surface area (Å²) in [6, 6.07) is 21.9. The minimum absolute atomic E-state index is 0.0784. The first-order chi connectivity index (χ1) is 13.0. The molecule has 0 saturated carbocycles. The Morgan fingerprint density at radius 2 is 1.56 bits per heavy atom. The van der Waals surface area contributed by atoms with E-state index in [4.69, 9.17) is 4.74 Å². The van der Waals surface area contributed by atoms with Crippen LogP contribution >= 0.6 is 0 Å². The van der Waals surface area contributed by atoms with Crippen molar-refractivity contribution in [2.24, 2.45) is 0 Å². The van der Waals surface area contributed by atoms with Gasteiger partial charge in [0, 0.05) is 16.5 Å². The van der Waals surface area contributed by atoms with E-state index in [9.17, 15) is 0 Å². The van der Waals surface area contributed by atoms with E-state index in [1.54, 1.807) is 0 Å². The van der Waals surface area contributed by atoms with E-state index in [1.807, 2.05) is 6.07 Å². The van der Waals surface area contributed by atoms with Gasteiger partial charge in [-0.15, -0.1) is 0 Å².